The molecule has 1 aliphatic rings. The van der Waals surface area contributed by atoms with Crippen molar-refractivity contribution in [2.45, 2.75) is 59.9 Å². The first-order valence-corrected chi connectivity index (χ1v) is 7.78. The lowest BCUT2D eigenvalue weighted by atomic mass is 9.78. The second-order valence-electron chi connectivity index (χ2n) is 7.17. The number of carbonyl (C=O) groups is 1. The van der Waals surface area contributed by atoms with Gasteiger partial charge in [-0.05, 0) is 37.0 Å². The molecule has 0 aromatic carbocycles. The fourth-order valence-electron chi connectivity index (χ4n) is 3.33. The van der Waals surface area contributed by atoms with Gasteiger partial charge in [0.1, 0.15) is 0 Å². The van der Waals surface area contributed by atoms with Gasteiger partial charge in [0.05, 0.1) is 5.92 Å². The zero-order valence-electron chi connectivity index (χ0n) is 13.2. The molecule has 0 aromatic heterocycles. The van der Waals surface area contributed by atoms with Crippen molar-refractivity contribution < 1.29 is 9.90 Å². The molecule has 3 heteroatoms. The second kappa shape index (κ2) is 7.28. The lowest BCUT2D eigenvalue weighted by Crippen LogP contribution is -2.49. The van der Waals surface area contributed by atoms with E-state index >= 15 is 0 Å². The highest BCUT2D eigenvalue weighted by Crippen LogP contribution is 2.33. The minimum absolute atomic E-state index is 0.173. The van der Waals surface area contributed by atoms with Crippen molar-refractivity contribution in [1.29, 1.82) is 0 Å². The van der Waals surface area contributed by atoms with Crippen molar-refractivity contribution in [2.24, 2.45) is 23.7 Å². The molecule has 0 amide bonds. The molecule has 112 valence electrons. The highest BCUT2D eigenvalue weighted by atomic mass is 16.4. The minimum Gasteiger partial charge on any atom is -0.481 e. The van der Waals surface area contributed by atoms with Gasteiger partial charge in [-0.3, -0.25) is 9.69 Å². The summed E-state index contributed by atoms with van der Waals surface area (Å²) in [5, 5.41) is 9.49. The topological polar surface area (TPSA) is 40.5 Å². The molecule has 0 heterocycles. The predicted octanol–water partition coefficient (Wildman–Crippen LogP) is 3.49. The van der Waals surface area contributed by atoms with E-state index in [0.29, 0.717) is 17.8 Å². The van der Waals surface area contributed by atoms with Crippen LogP contribution in [0, 0.1) is 23.7 Å². The van der Waals surface area contributed by atoms with Gasteiger partial charge in [-0.2, -0.15) is 0 Å². The lowest BCUT2D eigenvalue weighted by Gasteiger charge is -2.42. The van der Waals surface area contributed by atoms with E-state index < -0.39 is 5.97 Å². The zero-order valence-corrected chi connectivity index (χ0v) is 13.2. The quantitative estimate of drug-likeness (QED) is 0.802. The molecule has 1 fully saturated rings. The molecule has 0 bridgehead atoms. The summed E-state index contributed by atoms with van der Waals surface area (Å²) >= 11 is 0. The number of carboxylic acid groups (broad SMARTS) is 1. The number of carboxylic acids is 1. The van der Waals surface area contributed by atoms with Crippen molar-refractivity contribution in [3.05, 3.63) is 0 Å². The molecule has 0 saturated heterocycles. The highest BCUT2D eigenvalue weighted by molar-refractivity contribution is 5.71. The van der Waals surface area contributed by atoms with Crippen LogP contribution in [0.5, 0.6) is 0 Å². The van der Waals surface area contributed by atoms with Crippen LogP contribution in [0.2, 0.25) is 0 Å². The average Bonchev–Trinajstić information content (AvgIpc) is 2.26. The van der Waals surface area contributed by atoms with Crippen LogP contribution in [0.1, 0.15) is 53.9 Å². The number of nitrogens with zero attached hydrogens (tertiary/aromatic N) is 1. The summed E-state index contributed by atoms with van der Waals surface area (Å²) in [4.78, 5) is 14.0. The number of aliphatic carboxylic acids is 1. The summed E-state index contributed by atoms with van der Waals surface area (Å²) in [7, 11) is 0. The van der Waals surface area contributed by atoms with Crippen LogP contribution in [0.3, 0.4) is 0 Å². The van der Waals surface area contributed by atoms with E-state index in [1.807, 2.05) is 0 Å². The van der Waals surface area contributed by atoms with Crippen LogP contribution < -0.4 is 0 Å². The molecule has 3 nitrogen and oxygen atoms in total. The van der Waals surface area contributed by atoms with E-state index in [1.54, 1.807) is 0 Å². The third-order valence-corrected chi connectivity index (χ3v) is 4.06. The summed E-state index contributed by atoms with van der Waals surface area (Å²) in [6, 6.07) is 0.228. The number of hydrogen-bond donors (Lipinski definition) is 1. The standard InChI is InChI=1S/C16H31NO2/c1-11(2)9-17(10-12(3)4)15-8-13(5)6-7-14(15)16(18)19/h11-15H,6-10H2,1-5H3,(H,18,19). The van der Waals surface area contributed by atoms with Gasteiger partial charge in [-0.15, -0.1) is 0 Å². The van der Waals surface area contributed by atoms with Gasteiger partial charge in [-0.1, -0.05) is 34.6 Å². The van der Waals surface area contributed by atoms with Crippen LogP contribution in [-0.2, 0) is 4.79 Å². The zero-order chi connectivity index (χ0) is 14.6. The Kier molecular flexibility index (Phi) is 6.31. The molecule has 0 radical (unpaired) electrons. The van der Waals surface area contributed by atoms with Crippen molar-refractivity contribution in [3.8, 4) is 0 Å². The Bertz CT molecular complexity index is 278. The summed E-state index contributed by atoms with van der Waals surface area (Å²) in [6.07, 6.45) is 2.94. The van der Waals surface area contributed by atoms with Crippen LogP contribution in [0.15, 0.2) is 0 Å². The number of rotatable bonds is 6. The van der Waals surface area contributed by atoms with Gasteiger partial charge in [-0.25, -0.2) is 0 Å². The van der Waals surface area contributed by atoms with Crippen LogP contribution in [-0.4, -0.2) is 35.1 Å². The molecular weight excluding hydrogens is 238 g/mol. The Morgan fingerprint density at radius 3 is 2.11 bits per heavy atom. The molecule has 0 spiro atoms. The molecule has 3 atom stereocenters. The molecule has 1 saturated carbocycles. The van der Waals surface area contributed by atoms with Crippen molar-refractivity contribution in [2.75, 3.05) is 13.1 Å². The molecular formula is C16H31NO2. The van der Waals surface area contributed by atoms with E-state index in [9.17, 15) is 9.90 Å². The largest absolute Gasteiger partial charge is 0.481 e. The monoisotopic (exact) mass is 269 g/mol. The van der Waals surface area contributed by atoms with Crippen LogP contribution in [0.4, 0.5) is 0 Å². The maximum Gasteiger partial charge on any atom is 0.308 e. The van der Waals surface area contributed by atoms with Gasteiger partial charge in [0.25, 0.3) is 0 Å². The smallest absolute Gasteiger partial charge is 0.308 e. The highest BCUT2D eigenvalue weighted by Gasteiger charge is 2.37. The van der Waals surface area contributed by atoms with Crippen LogP contribution >= 0.6 is 0 Å². The SMILES string of the molecule is CC(C)CN(CC(C)C)C1CC(C)CCC1C(=O)O. The Morgan fingerprint density at radius 1 is 1.16 bits per heavy atom. The lowest BCUT2D eigenvalue weighted by molar-refractivity contribution is -0.146. The van der Waals surface area contributed by atoms with Gasteiger partial charge in [0.15, 0.2) is 0 Å². The first kappa shape index (κ1) is 16.5. The summed E-state index contributed by atoms with van der Waals surface area (Å²) in [6.45, 7) is 13.2. The average molecular weight is 269 g/mol. The molecule has 1 N–H and O–H groups in total. The molecule has 19 heavy (non-hydrogen) atoms. The van der Waals surface area contributed by atoms with E-state index in [0.717, 1.165) is 32.4 Å². The Morgan fingerprint density at radius 2 is 1.68 bits per heavy atom. The molecule has 0 aromatic rings. The van der Waals surface area contributed by atoms with E-state index in [4.69, 9.17) is 0 Å². The van der Waals surface area contributed by atoms with Gasteiger partial charge < -0.3 is 5.11 Å². The summed E-state index contributed by atoms with van der Waals surface area (Å²) < 4.78 is 0. The Hall–Kier alpha value is -0.570. The maximum absolute atomic E-state index is 11.5. The third kappa shape index (κ3) is 5.13. The van der Waals surface area contributed by atoms with Crippen molar-refractivity contribution in [3.63, 3.8) is 0 Å². The van der Waals surface area contributed by atoms with Crippen molar-refractivity contribution >= 4 is 5.97 Å². The first-order valence-electron chi connectivity index (χ1n) is 7.78. The fourth-order valence-corrected chi connectivity index (χ4v) is 3.33. The van der Waals surface area contributed by atoms with Gasteiger partial charge in [0, 0.05) is 19.1 Å². The van der Waals surface area contributed by atoms with Crippen molar-refractivity contribution in [1.82, 2.24) is 4.90 Å². The molecule has 0 aliphatic heterocycles. The first-order chi connectivity index (χ1) is 8.81. The third-order valence-electron chi connectivity index (χ3n) is 4.06. The van der Waals surface area contributed by atoms with E-state index in [-0.39, 0.29) is 12.0 Å². The van der Waals surface area contributed by atoms with E-state index in [1.165, 1.54) is 0 Å². The maximum atomic E-state index is 11.5. The van der Waals surface area contributed by atoms with Gasteiger partial charge >= 0.3 is 5.97 Å². The van der Waals surface area contributed by atoms with Crippen LogP contribution in [0.25, 0.3) is 0 Å². The molecule has 1 aliphatic carbocycles. The summed E-state index contributed by atoms with van der Waals surface area (Å²) in [5.74, 6) is 1.06. The molecule has 3 unspecified atom stereocenters. The van der Waals surface area contributed by atoms with E-state index in [2.05, 4.69) is 39.5 Å². The number of hydrogen-bond acceptors (Lipinski definition) is 2. The molecule has 1 rings (SSSR count). The Balaban J connectivity index is 2.83. The minimum atomic E-state index is -0.602. The predicted molar refractivity (Wildman–Crippen MR) is 79.2 cm³/mol. The normalized spacial score (nSPS) is 28.3. The fraction of sp³-hybridized carbons (Fsp3) is 0.938. The second-order valence-corrected chi connectivity index (χ2v) is 7.17. The van der Waals surface area contributed by atoms with Gasteiger partial charge in [0.2, 0.25) is 0 Å². The Labute approximate surface area is 118 Å². The summed E-state index contributed by atoms with van der Waals surface area (Å²) in [5.41, 5.74) is 0.